The van der Waals surface area contributed by atoms with Gasteiger partial charge in [-0.25, -0.2) is 15.0 Å². The number of aliphatic hydroxyl groups is 1. The van der Waals surface area contributed by atoms with Crippen molar-refractivity contribution in [2.75, 3.05) is 49.1 Å². The van der Waals surface area contributed by atoms with Crippen LogP contribution in [0.3, 0.4) is 0 Å². The summed E-state index contributed by atoms with van der Waals surface area (Å²) in [5.74, 6) is -0.0453. The van der Waals surface area contributed by atoms with Crippen LogP contribution in [0.2, 0.25) is 0 Å². The third-order valence-electron chi connectivity index (χ3n) is 16.9. The average Bonchev–Trinajstić information content (AvgIpc) is 4.12. The summed E-state index contributed by atoms with van der Waals surface area (Å²) in [5, 5.41) is 37.3. The first-order chi connectivity index (χ1) is 35.6. The molecule has 18 heteroatoms. The van der Waals surface area contributed by atoms with Crippen molar-refractivity contribution in [2.45, 2.75) is 123 Å². The van der Waals surface area contributed by atoms with E-state index in [9.17, 15) is 24.6 Å². The molecule has 0 unspecified atom stereocenters. The minimum absolute atomic E-state index is 0.00586. The molecule has 74 heavy (non-hydrogen) atoms. The van der Waals surface area contributed by atoms with E-state index in [-0.39, 0.29) is 53.8 Å². The minimum atomic E-state index is -0.845. The van der Waals surface area contributed by atoms with Gasteiger partial charge in [-0.05, 0) is 92.5 Å². The number of piperazine rings is 1. The molecule has 4 fully saturated rings. The van der Waals surface area contributed by atoms with Crippen LogP contribution < -0.4 is 20.4 Å². The number of anilines is 2. The fourth-order valence-electron chi connectivity index (χ4n) is 12.5. The van der Waals surface area contributed by atoms with Crippen molar-refractivity contribution in [2.24, 2.45) is 16.7 Å². The van der Waals surface area contributed by atoms with Crippen molar-refractivity contribution in [3.63, 3.8) is 0 Å². The molecular weight excluding hydrogens is 953 g/mol. The Kier molecular flexibility index (Phi) is 13.4. The van der Waals surface area contributed by atoms with Crippen LogP contribution in [0.25, 0.3) is 32.7 Å². The van der Waals surface area contributed by atoms with Crippen molar-refractivity contribution in [1.29, 1.82) is 0 Å². The predicted octanol–water partition coefficient (Wildman–Crippen LogP) is 6.95. The number of nitrogens with zero attached hydrogens (tertiary/aromatic N) is 9. The number of hydrogen-bond acceptors (Lipinski definition) is 14. The Labute approximate surface area is 436 Å². The van der Waals surface area contributed by atoms with Gasteiger partial charge >= 0.3 is 0 Å². The molecule has 0 radical (unpaired) electrons. The highest BCUT2D eigenvalue weighted by atomic mass is 32.1. The summed E-state index contributed by atoms with van der Waals surface area (Å²) in [6.45, 7) is 14.9. The molecular formula is C56H68N12O5S. The summed E-state index contributed by atoms with van der Waals surface area (Å²) in [6, 6.07) is 16.1. The molecule has 3 amide bonds. The maximum Gasteiger partial charge on any atom is 0.246 e. The first kappa shape index (κ1) is 49.7. The number of phenols is 1. The molecule has 2 saturated carbocycles. The lowest BCUT2D eigenvalue weighted by atomic mass is 9.56. The Morgan fingerprint density at radius 1 is 0.932 bits per heavy atom. The maximum absolute atomic E-state index is 14.4. The van der Waals surface area contributed by atoms with Gasteiger partial charge in [0.2, 0.25) is 23.7 Å². The number of aromatic nitrogens is 6. The van der Waals surface area contributed by atoms with Crippen LogP contribution in [0.4, 0.5) is 11.6 Å². The lowest BCUT2D eigenvalue weighted by Gasteiger charge is -2.56. The Bertz CT molecular complexity index is 3020. The number of carbonyl (C=O) groups excluding carboxylic acids is 3. The van der Waals surface area contributed by atoms with Gasteiger partial charge in [-0.3, -0.25) is 19.3 Å². The van der Waals surface area contributed by atoms with Crippen molar-refractivity contribution in [3.05, 3.63) is 95.0 Å². The molecule has 11 rings (SSSR count). The topological polar surface area (TPSA) is 209 Å². The second-order valence-electron chi connectivity index (χ2n) is 22.6. The molecule has 388 valence electrons. The number of phenolic OH excluding ortho intramolecular Hbond substituents is 1. The number of aromatic amines is 1. The van der Waals surface area contributed by atoms with E-state index in [0.29, 0.717) is 29.8 Å². The van der Waals surface area contributed by atoms with Gasteiger partial charge in [0.05, 0.1) is 52.0 Å². The number of nitrogens with one attached hydrogen (secondary N) is 3. The molecule has 0 bridgehead atoms. The number of carbonyl (C=O) groups is 3. The number of aliphatic hydroxyl groups excluding tert-OH is 1. The van der Waals surface area contributed by atoms with E-state index in [2.05, 4.69) is 52.4 Å². The highest BCUT2D eigenvalue weighted by Crippen LogP contribution is 2.54. The zero-order valence-electron chi connectivity index (χ0n) is 43.1. The van der Waals surface area contributed by atoms with Crippen molar-refractivity contribution in [3.8, 4) is 27.4 Å². The third kappa shape index (κ3) is 9.71. The van der Waals surface area contributed by atoms with Crippen molar-refractivity contribution < 1.29 is 24.6 Å². The second kappa shape index (κ2) is 20.0. The minimum Gasteiger partial charge on any atom is -0.507 e. The van der Waals surface area contributed by atoms with E-state index in [1.807, 2.05) is 88.1 Å². The van der Waals surface area contributed by atoms with Gasteiger partial charge < -0.3 is 40.5 Å². The van der Waals surface area contributed by atoms with Crippen LogP contribution in [-0.4, -0.2) is 131 Å². The van der Waals surface area contributed by atoms with E-state index < -0.39 is 23.6 Å². The van der Waals surface area contributed by atoms with Crippen LogP contribution in [-0.2, 0) is 27.3 Å². The number of amides is 3. The molecule has 5 aliphatic rings. The number of aryl methyl sites for hydroxylation is 1. The standard InChI is InChI=1S/C56H68N12O5S/c1-33-48(74-32-60-33)36-12-10-35(11-13-36)28-57-52(72)45-24-40(69)31-68(45)53(73)49(55(3,4)5)62-51(71)37-14-17-56(18-15-37)26-38(27-56)65-20-22-66(23-21-65)39-29-58-54(59-30-39)67-19-16-43-47(34(67)2)42-25-44(63-64-50(42)61-43)41-8-6-7-9-46(41)70/h6-13,25,29-30,32,34,37-38,40,45,49,69-70H,14-24,26-28,31H2,1-5H3,(H,57,72)(H,61,64)(H,62,71)/t34-,37-,38-,40-,45+,49-,56?/m1/s1. The Hall–Kier alpha value is -6.50. The number of para-hydroxylation sites is 1. The summed E-state index contributed by atoms with van der Waals surface area (Å²) < 4.78 is 0. The fraction of sp³-hybridized carbons (Fsp3) is 0.500. The maximum atomic E-state index is 14.4. The molecule has 5 N–H and O–H groups in total. The molecule has 2 aliphatic carbocycles. The average molecular weight is 1020 g/mol. The number of thiazole rings is 1. The molecule has 17 nitrogen and oxygen atoms in total. The summed E-state index contributed by atoms with van der Waals surface area (Å²) in [5.41, 5.74) is 9.80. The molecule has 3 aliphatic heterocycles. The third-order valence-corrected chi connectivity index (χ3v) is 17.8. The molecule has 6 aromatic rings. The van der Waals surface area contributed by atoms with Gasteiger partial charge in [-0.1, -0.05) is 57.2 Å². The van der Waals surface area contributed by atoms with Crippen molar-refractivity contribution in [1.82, 2.24) is 50.6 Å². The van der Waals surface area contributed by atoms with Gasteiger partial charge in [0.1, 0.15) is 17.8 Å². The number of β-amino-alcohol motifs (C(OH)–C–C–N with tert-alkyl or cyclic N) is 1. The van der Waals surface area contributed by atoms with Gasteiger partial charge in [0, 0.05) is 92.8 Å². The fourth-order valence-corrected chi connectivity index (χ4v) is 13.3. The van der Waals surface area contributed by atoms with E-state index in [1.165, 1.54) is 4.90 Å². The Balaban J connectivity index is 0.640. The van der Waals surface area contributed by atoms with E-state index in [1.54, 1.807) is 23.5 Å². The number of benzene rings is 2. The number of likely N-dealkylation sites (tertiary alicyclic amines) is 1. The number of fused-ring (bicyclic) bond motifs is 3. The smallest absolute Gasteiger partial charge is 0.246 e. The van der Waals surface area contributed by atoms with Gasteiger partial charge in [-0.2, -0.15) is 0 Å². The van der Waals surface area contributed by atoms with Crippen LogP contribution >= 0.6 is 11.3 Å². The quantitative estimate of drug-likeness (QED) is 0.0892. The lowest BCUT2D eigenvalue weighted by molar-refractivity contribution is -0.145. The number of H-pyrrole nitrogens is 1. The summed E-state index contributed by atoms with van der Waals surface area (Å²) in [4.78, 5) is 69.5. The molecule has 4 aromatic heterocycles. The monoisotopic (exact) mass is 1020 g/mol. The largest absolute Gasteiger partial charge is 0.507 e. The highest BCUT2D eigenvalue weighted by Gasteiger charge is 2.50. The van der Waals surface area contributed by atoms with Crippen molar-refractivity contribution >= 4 is 51.7 Å². The summed E-state index contributed by atoms with van der Waals surface area (Å²) >= 11 is 1.59. The first-order valence-electron chi connectivity index (χ1n) is 26.4. The summed E-state index contributed by atoms with van der Waals surface area (Å²) in [6.07, 6.45) is 9.92. The van der Waals surface area contributed by atoms with Crippen LogP contribution in [0, 0.1) is 23.7 Å². The zero-order chi connectivity index (χ0) is 51.5. The lowest BCUT2D eigenvalue weighted by Crippen LogP contribution is -2.59. The highest BCUT2D eigenvalue weighted by molar-refractivity contribution is 7.13. The molecule has 1 spiro atoms. The van der Waals surface area contributed by atoms with Crippen LogP contribution in [0.15, 0.2) is 72.5 Å². The van der Waals surface area contributed by atoms with Gasteiger partial charge in [-0.15, -0.1) is 21.5 Å². The van der Waals surface area contributed by atoms with Gasteiger partial charge in [0.25, 0.3) is 0 Å². The molecule has 2 saturated heterocycles. The Morgan fingerprint density at radius 3 is 2.35 bits per heavy atom. The second-order valence-corrected chi connectivity index (χ2v) is 23.5. The summed E-state index contributed by atoms with van der Waals surface area (Å²) in [7, 11) is 0. The van der Waals surface area contributed by atoms with Crippen LogP contribution in [0.5, 0.6) is 5.75 Å². The normalized spacial score (nSPS) is 24.7. The van der Waals surface area contributed by atoms with E-state index in [4.69, 9.17) is 9.97 Å². The predicted molar refractivity (Wildman–Crippen MR) is 285 cm³/mol. The molecule has 7 heterocycles. The zero-order valence-corrected chi connectivity index (χ0v) is 43.9. The molecule has 2 aromatic carbocycles. The van der Waals surface area contributed by atoms with E-state index >= 15 is 0 Å². The SMILES string of the molecule is Cc1ncsc1-c1ccc(CNC(=O)[C@@H]2C[C@@H](O)CN2C(=O)[C@@H](NC(=O)[C@H]2CCC3(CC2)C[C@H](N2CCN(c4cnc(N5CCc6[nH]c7nnc(-c8ccccc8O)cc7c6[C@H]5C)nc4)CC2)C3)C(C)(C)C)cc1. The Morgan fingerprint density at radius 2 is 1.66 bits per heavy atom. The van der Waals surface area contributed by atoms with Gasteiger partial charge in [0.15, 0.2) is 5.65 Å². The number of aromatic hydroxyl groups is 1. The first-order valence-corrected chi connectivity index (χ1v) is 27.3. The van der Waals surface area contributed by atoms with E-state index in [0.717, 1.165) is 127 Å². The van der Waals surface area contributed by atoms with Crippen LogP contribution in [0.1, 0.15) is 101 Å². The number of rotatable bonds is 11. The number of hydrogen-bond donors (Lipinski definition) is 5. The molecule has 4 atom stereocenters.